The van der Waals surface area contributed by atoms with E-state index in [1.165, 1.54) is 28.1 Å². The number of benzene rings is 4. The zero-order valence-electron chi connectivity index (χ0n) is 22.8. The van der Waals surface area contributed by atoms with Crippen molar-refractivity contribution < 1.29 is 15.9 Å². The van der Waals surface area contributed by atoms with E-state index in [9.17, 15) is 0 Å². The average molecular weight is 688 g/mol. The molecule has 0 spiro atoms. The van der Waals surface area contributed by atoms with Crippen molar-refractivity contribution in [3.63, 3.8) is 0 Å². The second-order valence-electron chi connectivity index (χ2n) is 9.46. The van der Waals surface area contributed by atoms with Crippen LogP contribution in [0.5, 0.6) is 0 Å². The SMILES string of the molecule is CC#N.CC(C)(C)N(CP(c1ccccc1)c1ccccc1)CP(c1ccccc1)c1ccccc1.[Cl][Pd][Cl]. The van der Waals surface area contributed by atoms with Crippen LogP contribution in [0.4, 0.5) is 0 Å². The van der Waals surface area contributed by atoms with Crippen LogP contribution in [0.15, 0.2) is 121 Å². The summed E-state index contributed by atoms with van der Waals surface area (Å²) in [6.07, 6.45) is 2.09. The van der Waals surface area contributed by atoms with E-state index in [1.807, 2.05) is 0 Å². The summed E-state index contributed by atoms with van der Waals surface area (Å²) in [5.74, 6) is 0. The molecule has 0 radical (unpaired) electrons. The molecule has 4 aromatic carbocycles. The minimum absolute atomic E-state index is 0.0638. The van der Waals surface area contributed by atoms with E-state index in [1.54, 1.807) is 6.07 Å². The molecule has 2 nitrogen and oxygen atoms in total. The van der Waals surface area contributed by atoms with Crippen LogP contribution >= 0.6 is 34.9 Å². The standard InChI is InChI=1S/C30H33NP2.C2H3N.2ClH.Pd/c1-30(2,3)31(24-32(26-16-8-4-9-17-26)27-18-10-5-11-19-27)25-33(28-20-12-6-13-21-28)29-22-14-7-15-23-29;1-2-3;;;/h4-23H,24-25H2,1-3H3;1H3;2*1H;/q;;;;+2/p-2. The van der Waals surface area contributed by atoms with Gasteiger partial charge in [-0.3, -0.25) is 4.90 Å². The van der Waals surface area contributed by atoms with Crippen LogP contribution in [-0.4, -0.2) is 23.0 Å². The van der Waals surface area contributed by atoms with Gasteiger partial charge in [0.05, 0.1) is 6.07 Å². The van der Waals surface area contributed by atoms with E-state index < -0.39 is 15.8 Å². The Kier molecular flexibility index (Phi) is 16.1. The minimum atomic E-state index is -0.487. The molecule has 0 aliphatic carbocycles. The number of nitrogens with zero attached hydrogens (tertiary/aromatic N) is 2. The van der Waals surface area contributed by atoms with Crippen LogP contribution < -0.4 is 21.2 Å². The molecule has 0 N–H and O–H groups in total. The third-order valence-corrected chi connectivity index (χ3v) is 10.8. The summed E-state index contributed by atoms with van der Waals surface area (Å²) >= 11 is -0.106. The second kappa shape index (κ2) is 18.7. The molecule has 4 rings (SSSR count). The van der Waals surface area contributed by atoms with Gasteiger partial charge in [0.1, 0.15) is 0 Å². The first-order valence-corrected chi connectivity index (χ1v) is 19.5. The van der Waals surface area contributed by atoms with Gasteiger partial charge in [-0.15, -0.1) is 0 Å². The number of hydrogen-bond acceptors (Lipinski definition) is 2. The van der Waals surface area contributed by atoms with Crippen molar-refractivity contribution >= 4 is 56.1 Å². The van der Waals surface area contributed by atoms with E-state index >= 15 is 0 Å². The monoisotopic (exact) mass is 686 g/mol. The molecule has 0 fully saturated rings. The fourth-order valence-corrected chi connectivity index (χ4v) is 9.13. The molecule has 0 amide bonds. The summed E-state index contributed by atoms with van der Waals surface area (Å²) in [6.45, 7) is 8.51. The molecule has 4 aromatic rings. The van der Waals surface area contributed by atoms with Gasteiger partial charge in [0.2, 0.25) is 0 Å². The molecule has 0 atom stereocenters. The third kappa shape index (κ3) is 11.8. The summed E-state index contributed by atoms with van der Waals surface area (Å²) in [5.41, 5.74) is 0.0638. The van der Waals surface area contributed by atoms with E-state index in [-0.39, 0.29) is 21.5 Å². The van der Waals surface area contributed by atoms with Gasteiger partial charge in [0.25, 0.3) is 0 Å². The number of hydrogen-bond donors (Lipinski definition) is 0. The zero-order valence-corrected chi connectivity index (χ0v) is 27.7. The first kappa shape index (κ1) is 33.6. The Balaban J connectivity index is 0.000000815. The zero-order chi connectivity index (χ0) is 28.5. The van der Waals surface area contributed by atoms with Crippen LogP contribution in [0.3, 0.4) is 0 Å². The van der Waals surface area contributed by atoms with Gasteiger partial charge in [0.15, 0.2) is 0 Å². The Morgan fingerprint density at radius 2 is 0.821 bits per heavy atom. The summed E-state index contributed by atoms with van der Waals surface area (Å²) in [4.78, 5) is 2.73. The summed E-state index contributed by atoms with van der Waals surface area (Å²) < 4.78 is 0. The quantitative estimate of drug-likeness (QED) is 0.138. The fourth-order valence-electron chi connectivity index (χ4n) is 3.87. The van der Waals surface area contributed by atoms with Gasteiger partial charge in [-0.1, -0.05) is 121 Å². The Morgan fingerprint density at radius 3 is 1.00 bits per heavy atom. The molecule has 0 aromatic heterocycles. The van der Waals surface area contributed by atoms with Gasteiger partial charge < -0.3 is 0 Å². The Labute approximate surface area is 254 Å². The second-order valence-corrected chi connectivity index (χ2v) is 16.2. The molecule has 0 aliphatic rings. The van der Waals surface area contributed by atoms with Gasteiger partial charge in [-0.05, 0) is 57.8 Å². The Hall–Kier alpha value is -1.57. The van der Waals surface area contributed by atoms with E-state index in [4.69, 9.17) is 24.3 Å². The molecular formula is C32H36Cl2N2P2Pd. The number of nitriles is 1. The molecule has 0 saturated heterocycles. The van der Waals surface area contributed by atoms with Gasteiger partial charge in [0, 0.05) is 25.0 Å². The topological polar surface area (TPSA) is 27.0 Å². The number of rotatable bonds is 8. The summed E-state index contributed by atoms with van der Waals surface area (Å²) in [5, 5.41) is 13.1. The van der Waals surface area contributed by atoms with Crippen molar-refractivity contribution in [1.29, 1.82) is 5.26 Å². The molecule has 0 unspecified atom stereocenters. The normalized spacial score (nSPS) is 10.9. The summed E-state index contributed by atoms with van der Waals surface area (Å²) in [7, 11) is 8.65. The van der Waals surface area contributed by atoms with E-state index in [0.29, 0.717) is 0 Å². The predicted molar refractivity (Wildman–Crippen MR) is 172 cm³/mol. The van der Waals surface area contributed by atoms with Gasteiger partial charge in [-0.2, -0.15) is 5.26 Å². The van der Waals surface area contributed by atoms with Crippen LogP contribution in [0.1, 0.15) is 27.7 Å². The molecule has 208 valence electrons. The summed E-state index contributed by atoms with van der Waals surface area (Å²) in [6, 6.07) is 46.1. The predicted octanol–water partition coefficient (Wildman–Crippen LogP) is 8.17. The average Bonchev–Trinajstić information content (AvgIpc) is 2.95. The Bertz CT molecular complexity index is 1060. The van der Waals surface area contributed by atoms with Crippen molar-refractivity contribution in [3.8, 4) is 6.07 Å². The maximum absolute atomic E-state index is 7.32. The molecule has 0 aliphatic heterocycles. The van der Waals surface area contributed by atoms with Crippen LogP contribution in [0.25, 0.3) is 0 Å². The maximum atomic E-state index is 7.32. The molecule has 7 heteroatoms. The van der Waals surface area contributed by atoms with Crippen LogP contribution in [0.2, 0.25) is 0 Å². The van der Waals surface area contributed by atoms with E-state index in [0.717, 1.165) is 12.6 Å². The van der Waals surface area contributed by atoms with Gasteiger partial charge >= 0.3 is 35.0 Å². The van der Waals surface area contributed by atoms with Crippen molar-refractivity contribution in [2.45, 2.75) is 33.2 Å². The molecule has 39 heavy (non-hydrogen) atoms. The molecular weight excluding hydrogens is 652 g/mol. The first-order chi connectivity index (χ1) is 18.8. The van der Waals surface area contributed by atoms with Gasteiger partial charge in [-0.25, -0.2) is 0 Å². The first-order valence-electron chi connectivity index (χ1n) is 12.5. The Morgan fingerprint density at radius 1 is 0.615 bits per heavy atom. The fraction of sp³-hybridized carbons (Fsp3) is 0.219. The third-order valence-electron chi connectivity index (χ3n) is 5.84. The van der Waals surface area contributed by atoms with Crippen molar-refractivity contribution in [1.82, 2.24) is 4.90 Å². The van der Waals surface area contributed by atoms with Crippen LogP contribution in [0, 0.1) is 11.3 Å². The molecule has 0 bridgehead atoms. The molecule has 0 saturated carbocycles. The molecule has 0 heterocycles. The van der Waals surface area contributed by atoms with Crippen LogP contribution in [-0.2, 0) is 15.9 Å². The van der Waals surface area contributed by atoms with Crippen molar-refractivity contribution in [3.05, 3.63) is 121 Å². The van der Waals surface area contributed by atoms with E-state index in [2.05, 4.69) is 147 Å². The van der Waals surface area contributed by atoms with Crippen molar-refractivity contribution in [2.24, 2.45) is 0 Å². The number of halogens is 2. The van der Waals surface area contributed by atoms with Crippen molar-refractivity contribution in [2.75, 3.05) is 12.6 Å².